The summed E-state index contributed by atoms with van der Waals surface area (Å²) in [6.07, 6.45) is 0.0855. The third-order valence-corrected chi connectivity index (χ3v) is 2.33. The third kappa shape index (κ3) is 3.00. The summed E-state index contributed by atoms with van der Waals surface area (Å²) in [5, 5.41) is 9.00. The maximum atomic E-state index is 9.00. The molecule has 0 aliphatic heterocycles. The van der Waals surface area contributed by atoms with Crippen molar-refractivity contribution in [3.8, 4) is 11.8 Å². The van der Waals surface area contributed by atoms with E-state index in [9.17, 15) is 0 Å². The molecule has 86 valence electrons. The minimum Gasteiger partial charge on any atom is -0.490 e. The molecule has 0 unspecified atom stereocenters. The fraction of sp³-hybridized carbons (Fsp3) is 0.500. The van der Waals surface area contributed by atoms with Crippen LogP contribution in [0.15, 0.2) is 18.2 Å². The number of ether oxygens (including phenoxy) is 1. The molecule has 0 fully saturated rings. The van der Waals surface area contributed by atoms with Gasteiger partial charge in [0, 0.05) is 0 Å². The molecular weight excluding hydrogens is 198 g/mol. The number of hydrogen-bond acceptors (Lipinski definition) is 2. The predicted octanol–water partition coefficient (Wildman–Crippen LogP) is 3.64. The fourth-order valence-corrected chi connectivity index (χ4v) is 1.43. The zero-order chi connectivity index (χ0) is 12.3. The first kappa shape index (κ1) is 12.6. The standard InChI is InChI=1S/C14H19NO/c1-10(2)16-13-8-12(14(3,4)5)7-6-11(13)9-15/h6-8,10H,1-5H3. The Labute approximate surface area is 97.9 Å². The van der Waals surface area contributed by atoms with Gasteiger partial charge in [-0.2, -0.15) is 5.26 Å². The molecule has 16 heavy (non-hydrogen) atoms. The van der Waals surface area contributed by atoms with Crippen LogP contribution in [0.3, 0.4) is 0 Å². The van der Waals surface area contributed by atoms with Crippen LogP contribution in [0.4, 0.5) is 0 Å². The molecule has 0 N–H and O–H groups in total. The van der Waals surface area contributed by atoms with Crippen LogP contribution in [0.1, 0.15) is 45.7 Å². The largest absolute Gasteiger partial charge is 0.490 e. The Morgan fingerprint density at radius 3 is 2.31 bits per heavy atom. The first-order valence-corrected chi connectivity index (χ1v) is 5.56. The summed E-state index contributed by atoms with van der Waals surface area (Å²) in [4.78, 5) is 0. The Balaban J connectivity index is 3.18. The Hall–Kier alpha value is -1.49. The van der Waals surface area contributed by atoms with Gasteiger partial charge in [-0.25, -0.2) is 0 Å². The van der Waals surface area contributed by atoms with Crippen molar-refractivity contribution < 1.29 is 4.74 Å². The van der Waals surface area contributed by atoms with Gasteiger partial charge in [0.25, 0.3) is 0 Å². The molecule has 0 radical (unpaired) electrons. The molecule has 1 aromatic rings. The zero-order valence-electron chi connectivity index (χ0n) is 10.7. The van der Waals surface area contributed by atoms with E-state index in [0.29, 0.717) is 11.3 Å². The predicted molar refractivity (Wildman–Crippen MR) is 65.6 cm³/mol. The molecule has 0 saturated heterocycles. The molecule has 0 aliphatic carbocycles. The van der Waals surface area contributed by atoms with Crippen molar-refractivity contribution in [3.05, 3.63) is 29.3 Å². The summed E-state index contributed by atoms with van der Waals surface area (Å²) in [7, 11) is 0. The smallest absolute Gasteiger partial charge is 0.137 e. The van der Waals surface area contributed by atoms with Gasteiger partial charge >= 0.3 is 0 Å². The molecule has 0 spiro atoms. The van der Waals surface area contributed by atoms with E-state index in [1.54, 1.807) is 0 Å². The first-order chi connectivity index (χ1) is 7.34. The third-order valence-electron chi connectivity index (χ3n) is 2.33. The van der Waals surface area contributed by atoms with Gasteiger partial charge in [0.2, 0.25) is 0 Å². The molecule has 2 heteroatoms. The van der Waals surface area contributed by atoms with Gasteiger partial charge < -0.3 is 4.74 Å². The van der Waals surface area contributed by atoms with Crippen molar-refractivity contribution >= 4 is 0 Å². The molecule has 0 amide bonds. The zero-order valence-corrected chi connectivity index (χ0v) is 10.7. The second-order valence-corrected chi connectivity index (χ2v) is 5.24. The van der Waals surface area contributed by atoms with Crippen molar-refractivity contribution in [2.75, 3.05) is 0 Å². The van der Waals surface area contributed by atoms with E-state index in [2.05, 4.69) is 26.8 Å². The quantitative estimate of drug-likeness (QED) is 0.757. The highest BCUT2D eigenvalue weighted by molar-refractivity contribution is 5.46. The van der Waals surface area contributed by atoms with Crippen LogP contribution >= 0.6 is 0 Å². The lowest BCUT2D eigenvalue weighted by molar-refractivity contribution is 0.241. The van der Waals surface area contributed by atoms with E-state index in [4.69, 9.17) is 10.00 Å². The van der Waals surface area contributed by atoms with Crippen LogP contribution in [0.5, 0.6) is 5.75 Å². The fourth-order valence-electron chi connectivity index (χ4n) is 1.43. The Bertz CT molecular complexity index is 408. The maximum absolute atomic E-state index is 9.00. The monoisotopic (exact) mass is 217 g/mol. The molecule has 0 saturated carbocycles. The van der Waals surface area contributed by atoms with Crippen molar-refractivity contribution in [2.24, 2.45) is 0 Å². The normalized spacial score (nSPS) is 11.3. The van der Waals surface area contributed by atoms with E-state index in [1.165, 1.54) is 5.56 Å². The van der Waals surface area contributed by atoms with Crippen molar-refractivity contribution in [1.29, 1.82) is 5.26 Å². The van der Waals surface area contributed by atoms with E-state index >= 15 is 0 Å². The van der Waals surface area contributed by atoms with Gasteiger partial charge in [0.05, 0.1) is 11.7 Å². The van der Waals surface area contributed by atoms with Gasteiger partial charge in [0.15, 0.2) is 0 Å². The van der Waals surface area contributed by atoms with E-state index in [1.807, 2.05) is 32.0 Å². The number of rotatable bonds is 2. The van der Waals surface area contributed by atoms with Gasteiger partial charge in [0.1, 0.15) is 11.8 Å². The topological polar surface area (TPSA) is 33.0 Å². The molecule has 1 aromatic carbocycles. The lowest BCUT2D eigenvalue weighted by atomic mass is 9.86. The minimum atomic E-state index is 0.0725. The average Bonchev–Trinajstić information content (AvgIpc) is 2.15. The summed E-state index contributed by atoms with van der Waals surface area (Å²) >= 11 is 0. The number of benzene rings is 1. The molecule has 0 bridgehead atoms. The first-order valence-electron chi connectivity index (χ1n) is 5.56. The Morgan fingerprint density at radius 1 is 1.25 bits per heavy atom. The highest BCUT2D eigenvalue weighted by Crippen LogP contribution is 2.28. The van der Waals surface area contributed by atoms with Crippen LogP contribution in [0.2, 0.25) is 0 Å². The highest BCUT2D eigenvalue weighted by atomic mass is 16.5. The number of hydrogen-bond donors (Lipinski definition) is 0. The molecule has 0 aromatic heterocycles. The lowest BCUT2D eigenvalue weighted by Crippen LogP contribution is -2.13. The van der Waals surface area contributed by atoms with Crippen LogP contribution in [-0.4, -0.2) is 6.10 Å². The van der Waals surface area contributed by atoms with Crippen LogP contribution in [0, 0.1) is 11.3 Å². The van der Waals surface area contributed by atoms with Gasteiger partial charge in [-0.3, -0.25) is 0 Å². The van der Waals surface area contributed by atoms with Crippen molar-refractivity contribution in [1.82, 2.24) is 0 Å². The van der Waals surface area contributed by atoms with Crippen molar-refractivity contribution in [2.45, 2.75) is 46.1 Å². The van der Waals surface area contributed by atoms with Crippen LogP contribution in [-0.2, 0) is 5.41 Å². The molecule has 1 rings (SSSR count). The van der Waals surface area contributed by atoms with Gasteiger partial charge in [-0.15, -0.1) is 0 Å². The van der Waals surface area contributed by atoms with Gasteiger partial charge in [-0.1, -0.05) is 26.8 Å². The molecule has 0 atom stereocenters. The molecule has 0 aliphatic rings. The lowest BCUT2D eigenvalue weighted by Gasteiger charge is -2.21. The number of nitriles is 1. The van der Waals surface area contributed by atoms with Crippen molar-refractivity contribution in [3.63, 3.8) is 0 Å². The highest BCUT2D eigenvalue weighted by Gasteiger charge is 2.16. The Kier molecular flexibility index (Phi) is 3.59. The number of nitrogens with zero attached hydrogens (tertiary/aromatic N) is 1. The van der Waals surface area contributed by atoms with E-state index < -0.39 is 0 Å². The minimum absolute atomic E-state index is 0.0725. The van der Waals surface area contributed by atoms with Crippen LogP contribution < -0.4 is 4.74 Å². The van der Waals surface area contributed by atoms with Crippen LogP contribution in [0.25, 0.3) is 0 Å². The SMILES string of the molecule is CC(C)Oc1cc(C(C)(C)C)ccc1C#N. The summed E-state index contributed by atoms with van der Waals surface area (Å²) in [5.41, 5.74) is 1.85. The molecule has 2 nitrogen and oxygen atoms in total. The van der Waals surface area contributed by atoms with Gasteiger partial charge in [-0.05, 0) is 37.0 Å². The maximum Gasteiger partial charge on any atom is 0.137 e. The molecule has 0 heterocycles. The molecular formula is C14H19NO. The summed E-state index contributed by atoms with van der Waals surface area (Å²) in [6, 6.07) is 7.95. The van der Waals surface area contributed by atoms with E-state index in [0.717, 1.165) is 0 Å². The van der Waals surface area contributed by atoms with E-state index in [-0.39, 0.29) is 11.5 Å². The summed E-state index contributed by atoms with van der Waals surface area (Å²) in [6.45, 7) is 10.4. The second kappa shape index (κ2) is 4.57. The second-order valence-electron chi connectivity index (χ2n) is 5.24. The average molecular weight is 217 g/mol. The summed E-state index contributed by atoms with van der Waals surface area (Å²) < 4.78 is 5.65. The summed E-state index contributed by atoms with van der Waals surface area (Å²) in [5.74, 6) is 0.685. The Morgan fingerprint density at radius 2 is 1.88 bits per heavy atom.